The van der Waals surface area contributed by atoms with Crippen LogP contribution in [-0.2, 0) is 98.7 Å². The smallest absolute Gasteiger partial charge is 0.317 e. The van der Waals surface area contributed by atoms with E-state index in [4.69, 9.17) is 16.5 Å². The summed E-state index contributed by atoms with van der Waals surface area (Å²) in [6, 6.07) is 4.17. The molecule has 29 heteroatoms. The second-order valence-electron chi connectivity index (χ2n) is 21.2. The molecule has 0 saturated heterocycles. The number of quaternary nitrogens is 2. The fourth-order valence-corrected chi connectivity index (χ4v) is 9.37. The fraction of sp³-hybridized carbons (Fsp3) is 0.667. The average Bonchev–Trinajstić information content (AvgIpc) is 3.54. The number of pyridine rings is 2. The summed E-state index contributed by atoms with van der Waals surface area (Å²) in [5.41, 5.74) is 20.7. The first kappa shape index (κ1) is 75.6. The number of carboxylic acid groups (broad SMARTS) is 4. The number of primary amides is 2. The van der Waals surface area contributed by atoms with Crippen LogP contribution in [0.1, 0.15) is 119 Å². The van der Waals surface area contributed by atoms with Gasteiger partial charge in [-0.05, 0) is 51.4 Å². The van der Waals surface area contributed by atoms with E-state index in [1.165, 1.54) is 0 Å². The van der Waals surface area contributed by atoms with E-state index >= 15 is 0 Å². The summed E-state index contributed by atoms with van der Waals surface area (Å²) in [4.78, 5) is 112. The number of hydrogen-bond donors (Lipinski definition) is 11. The monoisotopic (exact) mass is 1260 g/mol. The van der Waals surface area contributed by atoms with Crippen LogP contribution in [-0.4, -0.2) is 228 Å². The average molecular weight is 1260 g/mol. The third kappa shape index (κ3) is 33.0. The van der Waals surface area contributed by atoms with Crippen molar-refractivity contribution in [3.8, 4) is 11.5 Å². The molecule has 0 fully saturated rings. The molecular formula is C54H91Mn2N13O14+2. The molecule has 0 saturated carbocycles. The van der Waals surface area contributed by atoms with Gasteiger partial charge in [0.15, 0.2) is 11.6 Å². The van der Waals surface area contributed by atoms with Crippen molar-refractivity contribution >= 4 is 52.9 Å². The predicted molar refractivity (Wildman–Crippen MR) is 297 cm³/mol. The van der Waals surface area contributed by atoms with Gasteiger partial charge in [-0.1, -0.05) is 32.1 Å². The minimum absolute atomic E-state index is 0. The molecule has 27 nitrogen and oxygen atoms in total. The number of hydrogen-bond acceptors (Lipinski definition) is 19. The van der Waals surface area contributed by atoms with E-state index < -0.39 is 47.8 Å². The van der Waals surface area contributed by atoms with E-state index in [-0.39, 0.29) is 121 Å². The van der Waals surface area contributed by atoms with Crippen molar-refractivity contribution in [2.75, 3.05) is 104 Å². The van der Waals surface area contributed by atoms with Crippen LogP contribution in [0.3, 0.4) is 0 Å². The number of nitrogens with one attached hydrogen (secondary N) is 1. The van der Waals surface area contributed by atoms with E-state index in [2.05, 4.69) is 31.6 Å². The number of aliphatic carboxylic acids is 4. The maximum atomic E-state index is 12.2. The zero-order valence-corrected chi connectivity index (χ0v) is 50.4. The summed E-state index contributed by atoms with van der Waals surface area (Å²) in [5, 5.41) is 61.7. The minimum Gasteiger partial charge on any atom is -0.506 e. The number of carbonyl (C=O) groups is 8. The van der Waals surface area contributed by atoms with Crippen molar-refractivity contribution in [3.63, 3.8) is 0 Å². The Morgan fingerprint density at radius 1 is 0.518 bits per heavy atom. The summed E-state index contributed by atoms with van der Waals surface area (Å²) in [6.45, 7) is 5.95. The zero-order valence-electron chi connectivity index (χ0n) is 48.1. The van der Waals surface area contributed by atoms with Crippen molar-refractivity contribution < 1.29 is 115 Å². The van der Waals surface area contributed by atoms with Gasteiger partial charge in [-0.3, -0.25) is 62.9 Å². The minimum atomic E-state index is -1.01. The molecule has 2 atom stereocenters. The topological polar surface area (TPSA) is 423 Å². The molecule has 468 valence electrons. The molecule has 0 aromatic carbocycles. The summed E-state index contributed by atoms with van der Waals surface area (Å²) in [5.74, 6) is -5.05. The summed E-state index contributed by atoms with van der Waals surface area (Å²) < 4.78 is 0. The van der Waals surface area contributed by atoms with Gasteiger partial charge in [-0.2, -0.15) is 0 Å². The molecule has 2 aromatic rings. The Labute approximate surface area is 507 Å². The maximum absolute atomic E-state index is 12.2. The number of ketones is 2. The van der Waals surface area contributed by atoms with Crippen LogP contribution in [0.5, 0.6) is 11.5 Å². The van der Waals surface area contributed by atoms with Gasteiger partial charge in [0.1, 0.15) is 23.6 Å². The quantitative estimate of drug-likeness (QED) is 0.0308. The van der Waals surface area contributed by atoms with Crippen LogP contribution in [0, 0.1) is 0 Å². The Hall–Kier alpha value is -5.42. The van der Waals surface area contributed by atoms with Crippen molar-refractivity contribution in [2.24, 2.45) is 11.5 Å². The van der Waals surface area contributed by atoms with Gasteiger partial charge in [0.05, 0.1) is 54.6 Å². The molecule has 4 heterocycles. The number of amides is 2. The fourth-order valence-electron chi connectivity index (χ4n) is 9.37. The Morgan fingerprint density at radius 3 is 1.35 bits per heavy atom. The van der Waals surface area contributed by atoms with Gasteiger partial charge < -0.3 is 68.7 Å². The second kappa shape index (κ2) is 41.6. The third-order valence-corrected chi connectivity index (χ3v) is 14.1. The van der Waals surface area contributed by atoms with Crippen molar-refractivity contribution in [3.05, 3.63) is 41.0 Å². The van der Waals surface area contributed by atoms with E-state index in [0.29, 0.717) is 97.7 Å². The van der Waals surface area contributed by atoms with Gasteiger partial charge >= 0.3 is 23.9 Å². The van der Waals surface area contributed by atoms with Crippen LogP contribution in [0.2, 0.25) is 0 Å². The first-order valence-corrected chi connectivity index (χ1v) is 28.1. The largest absolute Gasteiger partial charge is 0.506 e. The molecule has 4 rings (SSSR count). The summed E-state index contributed by atoms with van der Waals surface area (Å²) in [6.07, 6.45) is 9.90. The van der Waals surface area contributed by atoms with E-state index in [1.807, 2.05) is 29.0 Å². The number of unbranched alkanes of at least 4 members (excludes halogenated alkanes) is 7. The molecule has 4 bridgehead atoms. The Bertz CT molecular complexity index is 2310. The number of aromatic hydroxyl groups is 2. The van der Waals surface area contributed by atoms with Crippen LogP contribution in [0.4, 0.5) is 5.69 Å². The number of anilines is 1. The number of likely N-dealkylation sites (N-methyl/N-ethyl adjacent to an activating group) is 1. The molecule has 17 N–H and O–H groups in total. The molecule has 0 spiro atoms. The zero-order chi connectivity index (χ0) is 59.9. The molecule has 2 aliphatic rings. The van der Waals surface area contributed by atoms with E-state index in [1.54, 1.807) is 9.80 Å². The van der Waals surface area contributed by atoms with Crippen molar-refractivity contribution in [1.82, 2.24) is 39.4 Å². The number of carbonyl (C=O) groups excluding carboxylic acids is 4. The van der Waals surface area contributed by atoms with Crippen molar-refractivity contribution in [1.29, 1.82) is 0 Å². The number of rotatable bonds is 32. The number of carboxylic acids is 4. The van der Waals surface area contributed by atoms with Crippen molar-refractivity contribution in [2.45, 2.75) is 135 Å². The van der Waals surface area contributed by atoms with Gasteiger partial charge in [-0.15, -0.1) is 0 Å². The molecule has 2 aliphatic heterocycles. The first-order valence-electron chi connectivity index (χ1n) is 28.1. The Kier molecular flexibility index (Phi) is 37.9. The Balaban J connectivity index is 0.000000811. The van der Waals surface area contributed by atoms with Crippen LogP contribution < -0.4 is 28.3 Å². The molecular weight excluding hydrogens is 1160 g/mol. The molecule has 0 aliphatic carbocycles. The molecule has 2 radical (unpaired) electrons. The normalized spacial score (nSPS) is 16.0. The SMILES string of the molecule is CN1CCN(CC(=O)O)Cc2ccc(NCCCCCCC(=O)C([NH3+])CCC(N)=O)c(n2)CN(CC(=O)O)CC1.NC(=O)CCC([NH3+])C(=O)CCCCCCCN1CCN(CC(=O)O)Cc2nc(c(O)cc2O)CN(CC(=O)O)CC1.[Mn].[Mn]. The van der Waals surface area contributed by atoms with Crippen LogP contribution in [0.15, 0.2) is 18.2 Å². The van der Waals surface area contributed by atoms with Crippen LogP contribution in [0.25, 0.3) is 0 Å². The number of aromatic nitrogens is 2. The molecule has 2 unspecified atom stereocenters. The standard InChI is InChI=1S/C27H45N7O6.C27H44N6O8.2Mn/c1-32-12-14-33(18-26(37)38)16-20-7-9-22(23(31-20)17-34(15-13-32)19-27(39)40)30-11-5-3-2-4-6-24(35)21(28)8-10-25(29)36;28-19(7-8-25(29)37)22(34)6-4-2-1-3-5-9-31-10-12-32(17-26(38)39)15-20-23(35)14-24(36)21(30-20)16-33(13-11-31)18-27(40)41;;/h7,9,21,30H,2-6,8,10-19,28H2,1H3,(H2,29,36)(H,37,38)(H,39,40);14,19,35-36H,1-13,15-18,28H2,(H2,29,37)(H,38,39)(H,40,41);;/p+2. The maximum Gasteiger partial charge on any atom is 0.317 e. The number of nitrogens with two attached hydrogens (primary N) is 2. The number of nitrogens with zero attached hydrogens (tertiary/aromatic N) is 8. The Morgan fingerprint density at radius 2 is 0.904 bits per heavy atom. The summed E-state index contributed by atoms with van der Waals surface area (Å²) >= 11 is 0. The van der Waals surface area contributed by atoms with Gasteiger partial charge in [0.25, 0.3) is 0 Å². The molecule has 2 amide bonds. The van der Waals surface area contributed by atoms with E-state index in [9.17, 15) is 69.0 Å². The van der Waals surface area contributed by atoms with Gasteiger partial charge in [0.2, 0.25) is 11.8 Å². The van der Waals surface area contributed by atoms with Gasteiger partial charge in [-0.25, -0.2) is 4.98 Å². The predicted octanol–water partition coefficient (Wildman–Crippen LogP) is -1.03. The number of Topliss-reactive ketones (excluding diaryl/α,β-unsaturated/α-hetero) is 2. The summed E-state index contributed by atoms with van der Waals surface area (Å²) in [7, 11) is 1.95. The third-order valence-electron chi connectivity index (χ3n) is 14.1. The van der Waals surface area contributed by atoms with Crippen LogP contribution >= 0.6 is 0 Å². The second-order valence-corrected chi connectivity index (χ2v) is 21.2. The van der Waals surface area contributed by atoms with E-state index in [0.717, 1.165) is 87.5 Å². The van der Waals surface area contributed by atoms with Gasteiger partial charge in [0, 0.05) is 164 Å². The molecule has 2 aromatic heterocycles. The molecule has 83 heavy (non-hydrogen) atoms. The first-order chi connectivity index (χ1) is 38.5. The number of fused-ring (bicyclic) bond motifs is 4.